The molecule has 0 saturated carbocycles. The summed E-state index contributed by atoms with van der Waals surface area (Å²) in [6.45, 7) is -0.103. The number of ether oxygens (including phenoxy) is 1. The Morgan fingerprint density at radius 1 is 1.10 bits per heavy atom. The standard InChI is InChI=1S/C21H22N4O4/c1-24(13-19(26)22-14-8-10-15(29-3)11-9-14)20(27)12-18-16-6-4-5-7-17(16)21(28)25(2)23-18/h4-11H,12-13H2,1-3H3,(H,22,26). The van der Waals surface area contributed by atoms with Crippen LogP contribution in [0.25, 0.3) is 10.8 Å². The van der Waals surface area contributed by atoms with E-state index in [-0.39, 0.29) is 30.3 Å². The number of carbonyl (C=O) groups is 2. The zero-order valence-corrected chi connectivity index (χ0v) is 16.5. The number of carbonyl (C=O) groups excluding carboxylic acids is 2. The molecule has 0 radical (unpaired) electrons. The fourth-order valence-corrected chi connectivity index (χ4v) is 2.96. The van der Waals surface area contributed by atoms with Gasteiger partial charge in [-0.05, 0) is 30.3 Å². The van der Waals surface area contributed by atoms with Gasteiger partial charge < -0.3 is 15.0 Å². The number of aryl methyl sites for hydroxylation is 1. The first-order valence-electron chi connectivity index (χ1n) is 9.02. The Morgan fingerprint density at radius 3 is 2.41 bits per heavy atom. The molecule has 150 valence electrons. The lowest BCUT2D eigenvalue weighted by atomic mass is 10.1. The number of fused-ring (bicyclic) bond motifs is 1. The Balaban J connectivity index is 1.67. The minimum Gasteiger partial charge on any atom is -0.497 e. The Morgan fingerprint density at radius 2 is 1.76 bits per heavy atom. The number of nitrogens with one attached hydrogen (secondary N) is 1. The first kappa shape index (κ1) is 20.1. The number of hydrogen-bond acceptors (Lipinski definition) is 5. The third-order valence-corrected chi connectivity index (χ3v) is 4.53. The summed E-state index contributed by atoms with van der Waals surface area (Å²) in [6.07, 6.45) is -0.0129. The third kappa shape index (κ3) is 4.60. The van der Waals surface area contributed by atoms with Crippen LogP contribution in [0.1, 0.15) is 5.69 Å². The lowest BCUT2D eigenvalue weighted by Gasteiger charge is -2.17. The van der Waals surface area contributed by atoms with E-state index in [1.807, 2.05) is 0 Å². The Hall–Kier alpha value is -3.68. The first-order valence-corrected chi connectivity index (χ1v) is 9.02. The van der Waals surface area contributed by atoms with E-state index in [1.165, 1.54) is 9.58 Å². The molecule has 3 aromatic rings. The zero-order valence-electron chi connectivity index (χ0n) is 16.5. The van der Waals surface area contributed by atoms with E-state index in [4.69, 9.17) is 4.74 Å². The molecule has 0 spiro atoms. The summed E-state index contributed by atoms with van der Waals surface area (Å²) < 4.78 is 6.30. The molecule has 8 nitrogen and oxygen atoms in total. The summed E-state index contributed by atoms with van der Waals surface area (Å²) >= 11 is 0. The fraction of sp³-hybridized carbons (Fsp3) is 0.238. The highest BCUT2D eigenvalue weighted by Crippen LogP contribution is 2.16. The molecule has 2 aromatic carbocycles. The molecule has 8 heteroatoms. The van der Waals surface area contributed by atoms with E-state index >= 15 is 0 Å². The van der Waals surface area contributed by atoms with Gasteiger partial charge in [0.1, 0.15) is 5.75 Å². The van der Waals surface area contributed by atoms with Crippen molar-refractivity contribution in [2.75, 3.05) is 26.0 Å². The monoisotopic (exact) mass is 394 g/mol. The number of anilines is 1. The summed E-state index contributed by atoms with van der Waals surface area (Å²) in [6, 6.07) is 14.0. The number of nitrogens with zero attached hydrogens (tertiary/aromatic N) is 3. The van der Waals surface area contributed by atoms with E-state index in [0.717, 1.165) is 0 Å². The second kappa shape index (κ2) is 8.55. The molecule has 0 aliphatic carbocycles. The molecule has 0 fully saturated rings. The van der Waals surface area contributed by atoms with Gasteiger partial charge in [-0.3, -0.25) is 14.4 Å². The number of rotatable bonds is 6. The van der Waals surface area contributed by atoms with E-state index in [1.54, 1.807) is 69.7 Å². The highest BCUT2D eigenvalue weighted by molar-refractivity contribution is 5.95. The minimum atomic E-state index is -0.315. The Kier molecular flexibility index (Phi) is 5.92. The van der Waals surface area contributed by atoms with Crippen LogP contribution < -0.4 is 15.6 Å². The maximum atomic E-state index is 12.6. The molecular weight excluding hydrogens is 372 g/mol. The lowest BCUT2D eigenvalue weighted by molar-refractivity contribution is -0.132. The highest BCUT2D eigenvalue weighted by atomic mass is 16.5. The molecule has 3 rings (SSSR count). The van der Waals surface area contributed by atoms with E-state index in [0.29, 0.717) is 27.9 Å². The van der Waals surface area contributed by atoms with Crippen molar-refractivity contribution in [3.63, 3.8) is 0 Å². The minimum absolute atomic E-state index is 0.0129. The molecule has 29 heavy (non-hydrogen) atoms. The van der Waals surface area contributed by atoms with Crippen LogP contribution in [-0.2, 0) is 23.1 Å². The van der Waals surface area contributed by atoms with Crippen LogP contribution in [0.15, 0.2) is 53.3 Å². The van der Waals surface area contributed by atoms with Crippen molar-refractivity contribution in [3.05, 3.63) is 64.6 Å². The Labute approximate surface area is 167 Å². The smallest absolute Gasteiger partial charge is 0.274 e. The topological polar surface area (TPSA) is 93.5 Å². The average molecular weight is 394 g/mol. The van der Waals surface area contributed by atoms with Crippen molar-refractivity contribution in [1.82, 2.24) is 14.7 Å². The molecule has 0 saturated heterocycles. The van der Waals surface area contributed by atoms with Crippen LogP contribution in [0.4, 0.5) is 5.69 Å². The van der Waals surface area contributed by atoms with E-state index in [2.05, 4.69) is 10.4 Å². The number of methoxy groups -OCH3 is 1. The first-order chi connectivity index (χ1) is 13.9. The molecule has 1 aromatic heterocycles. The van der Waals surface area contributed by atoms with Gasteiger partial charge >= 0.3 is 0 Å². The quantitative estimate of drug-likeness (QED) is 0.685. The predicted octanol–water partition coefficient (Wildman–Crippen LogP) is 1.58. The van der Waals surface area contributed by atoms with Gasteiger partial charge in [0.05, 0.1) is 31.2 Å². The summed E-state index contributed by atoms with van der Waals surface area (Å²) in [5.41, 5.74) is 0.890. The van der Waals surface area contributed by atoms with Crippen molar-refractivity contribution in [1.29, 1.82) is 0 Å². The van der Waals surface area contributed by atoms with Gasteiger partial charge in [0.25, 0.3) is 5.56 Å². The predicted molar refractivity (Wildman–Crippen MR) is 110 cm³/mol. The fourth-order valence-electron chi connectivity index (χ4n) is 2.96. The maximum absolute atomic E-state index is 12.6. The van der Waals surface area contributed by atoms with Crippen LogP contribution in [-0.4, -0.2) is 47.2 Å². The van der Waals surface area contributed by atoms with Crippen molar-refractivity contribution in [2.45, 2.75) is 6.42 Å². The second-order valence-corrected chi connectivity index (χ2v) is 6.62. The summed E-state index contributed by atoms with van der Waals surface area (Å²) in [5.74, 6) is 0.0998. The van der Waals surface area contributed by atoms with Gasteiger partial charge in [0.2, 0.25) is 11.8 Å². The third-order valence-electron chi connectivity index (χ3n) is 4.53. The van der Waals surface area contributed by atoms with Crippen LogP contribution in [0.5, 0.6) is 5.75 Å². The molecule has 1 heterocycles. The summed E-state index contributed by atoms with van der Waals surface area (Å²) in [7, 11) is 4.67. The molecule has 0 aliphatic rings. The number of hydrogen-bond donors (Lipinski definition) is 1. The second-order valence-electron chi connectivity index (χ2n) is 6.62. The molecule has 0 atom stereocenters. The summed E-state index contributed by atoms with van der Waals surface area (Å²) in [5, 5.41) is 8.12. The number of amides is 2. The van der Waals surface area contributed by atoms with Crippen LogP contribution in [0, 0.1) is 0 Å². The molecule has 0 unspecified atom stereocenters. The maximum Gasteiger partial charge on any atom is 0.274 e. The van der Waals surface area contributed by atoms with Gasteiger partial charge in [0.15, 0.2) is 0 Å². The van der Waals surface area contributed by atoms with Gasteiger partial charge in [-0.25, -0.2) is 4.68 Å². The van der Waals surface area contributed by atoms with Crippen LogP contribution in [0.3, 0.4) is 0 Å². The molecule has 1 N–H and O–H groups in total. The number of aromatic nitrogens is 2. The molecule has 0 bridgehead atoms. The van der Waals surface area contributed by atoms with Gasteiger partial charge in [-0.15, -0.1) is 0 Å². The van der Waals surface area contributed by atoms with Crippen molar-refractivity contribution >= 4 is 28.3 Å². The average Bonchev–Trinajstić information content (AvgIpc) is 2.72. The molecule has 0 aliphatic heterocycles. The highest BCUT2D eigenvalue weighted by Gasteiger charge is 2.17. The van der Waals surface area contributed by atoms with Crippen LogP contribution >= 0.6 is 0 Å². The van der Waals surface area contributed by atoms with Crippen molar-refractivity contribution < 1.29 is 14.3 Å². The molecular formula is C21H22N4O4. The van der Waals surface area contributed by atoms with Crippen molar-refractivity contribution in [3.8, 4) is 5.75 Å². The SMILES string of the molecule is COc1ccc(NC(=O)CN(C)C(=O)Cc2nn(C)c(=O)c3ccccc23)cc1. The normalized spacial score (nSPS) is 10.6. The zero-order chi connectivity index (χ0) is 21.0. The number of benzene rings is 2. The van der Waals surface area contributed by atoms with Crippen molar-refractivity contribution in [2.24, 2.45) is 7.05 Å². The largest absolute Gasteiger partial charge is 0.497 e. The van der Waals surface area contributed by atoms with E-state index < -0.39 is 0 Å². The lowest BCUT2D eigenvalue weighted by Crippen LogP contribution is -2.36. The molecule has 2 amide bonds. The van der Waals surface area contributed by atoms with E-state index in [9.17, 15) is 14.4 Å². The van der Waals surface area contributed by atoms with Gasteiger partial charge in [-0.2, -0.15) is 5.10 Å². The number of likely N-dealkylation sites (N-methyl/N-ethyl adjacent to an activating group) is 1. The van der Waals surface area contributed by atoms with Gasteiger partial charge in [-0.1, -0.05) is 18.2 Å². The van der Waals surface area contributed by atoms with Crippen LogP contribution in [0.2, 0.25) is 0 Å². The Bertz CT molecular complexity index is 1110. The summed E-state index contributed by atoms with van der Waals surface area (Å²) in [4.78, 5) is 38.4. The van der Waals surface area contributed by atoms with Gasteiger partial charge in [0, 0.05) is 25.2 Å².